The van der Waals surface area contributed by atoms with E-state index in [1.807, 2.05) is 67.6 Å². The van der Waals surface area contributed by atoms with Gasteiger partial charge in [-0.3, -0.25) is 4.79 Å². The Morgan fingerprint density at radius 3 is 2.76 bits per heavy atom. The van der Waals surface area contributed by atoms with E-state index >= 15 is 0 Å². The van der Waals surface area contributed by atoms with Crippen LogP contribution in [0.2, 0.25) is 0 Å². The molecule has 2 N–H and O–H groups in total. The number of aliphatic hydroxyl groups is 1. The first-order valence-electron chi connectivity index (χ1n) is 13.9. The van der Waals surface area contributed by atoms with Gasteiger partial charge in [-0.05, 0) is 80.8 Å². The number of nitrogens with zero attached hydrogens (tertiary/aromatic N) is 1. The third kappa shape index (κ3) is 5.63. The molecule has 0 saturated heterocycles. The monoisotopic (exact) mass is 568 g/mol. The summed E-state index contributed by atoms with van der Waals surface area (Å²) in [5.74, 6) is -0.446. The van der Waals surface area contributed by atoms with Gasteiger partial charge in [-0.1, -0.05) is 24.3 Å². The van der Waals surface area contributed by atoms with E-state index in [-0.39, 0.29) is 30.1 Å². The van der Waals surface area contributed by atoms with Gasteiger partial charge in [-0.2, -0.15) is 0 Å². The number of aryl methyl sites for hydroxylation is 1. The molecule has 0 radical (unpaired) electrons. The number of aromatic nitrogens is 1. The standard InChI is InChI=1S/C33H32N2O5S/c1-3-38-33-24(8-6-16-36)25(26-19-39-28-9-5-4-7-23(26)28)18-29(40-33)31(37)34-22-13-11-21(12-14-22)32-35-27-15-10-20(2)17-30(27)41-32/h4-5,7,9-15,17-19,24-25,33,36H,3,6,8,16H2,1-2H3,(H,34,37)/t24-,25-,33+/m0/s1. The zero-order chi connectivity index (χ0) is 28.3. The van der Waals surface area contributed by atoms with Crippen LogP contribution in [0.3, 0.4) is 0 Å². The third-order valence-electron chi connectivity index (χ3n) is 7.44. The van der Waals surface area contributed by atoms with Crippen molar-refractivity contribution in [1.82, 2.24) is 4.98 Å². The second-order valence-corrected chi connectivity index (χ2v) is 11.3. The van der Waals surface area contributed by atoms with Gasteiger partial charge in [0.2, 0.25) is 6.29 Å². The molecule has 5 aromatic rings. The van der Waals surface area contributed by atoms with Gasteiger partial charge in [0.25, 0.3) is 5.91 Å². The maximum atomic E-state index is 13.5. The smallest absolute Gasteiger partial charge is 0.290 e. The van der Waals surface area contributed by atoms with Gasteiger partial charge >= 0.3 is 0 Å². The third-order valence-corrected chi connectivity index (χ3v) is 8.51. The molecule has 1 aliphatic heterocycles. The molecular formula is C33H32N2O5S. The Bertz CT molecular complexity index is 1700. The Kier molecular flexibility index (Phi) is 7.87. The second kappa shape index (κ2) is 11.9. The molecule has 0 bridgehead atoms. The number of ether oxygens (including phenoxy) is 2. The second-order valence-electron chi connectivity index (χ2n) is 10.2. The molecule has 8 heteroatoms. The zero-order valence-corrected chi connectivity index (χ0v) is 23.8. The molecule has 0 unspecified atom stereocenters. The number of furan rings is 1. The largest absolute Gasteiger partial charge is 0.464 e. The Labute approximate surface area is 242 Å². The summed E-state index contributed by atoms with van der Waals surface area (Å²) in [7, 11) is 0. The van der Waals surface area contributed by atoms with Crippen LogP contribution in [0.25, 0.3) is 31.8 Å². The van der Waals surface area contributed by atoms with E-state index in [4.69, 9.17) is 18.9 Å². The molecule has 2 aromatic heterocycles. The molecule has 1 amide bonds. The van der Waals surface area contributed by atoms with E-state index in [9.17, 15) is 9.90 Å². The lowest BCUT2D eigenvalue weighted by Crippen LogP contribution is -2.37. The fourth-order valence-corrected chi connectivity index (χ4v) is 6.49. The van der Waals surface area contributed by atoms with Gasteiger partial charge in [0.1, 0.15) is 10.6 Å². The van der Waals surface area contributed by atoms with Gasteiger partial charge < -0.3 is 24.3 Å². The molecule has 0 fully saturated rings. The Morgan fingerprint density at radius 1 is 1.12 bits per heavy atom. The molecule has 210 valence electrons. The van der Waals surface area contributed by atoms with Crippen LogP contribution >= 0.6 is 11.3 Å². The maximum Gasteiger partial charge on any atom is 0.290 e. The average Bonchev–Trinajstić information content (AvgIpc) is 3.61. The van der Waals surface area contributed by atoms with Crippen LogP contribution in [0, 0.1) is 12.8 Å². The molecule has 7 nitrogen and oxygen atoms in total. The van der Waals surface area contributed by atoms with E-state index < -0.39 is 6.29 Å². The molecule has 1 aliphatic rings. The highest BCUT2D eigenvalue weighted by molar-refractivity contribution is 7.21. The van der Waals surface area contributed by atoms with Crippen molar-refractivity contribution in [2.45, 2.75) is 38.9 Å². The summed E-state index contributed by atoms with van der Waals surface area (Å²) < 4.78 is 19.2. The number of carbonyl (C=O) groups excluding carboxylic acids is 1. The van der Waals surface area contributed by atoms with Crippen LogP contribution in [0.1, 0.15) is 36.8 Å². The minimum absolute atomic E-state index is 0.0674. The van der Waals surface area contributed by atoms with Crippen molar-refractivity contribution >= 4 is 44.1 Å². The summed E-state index contributed by atoms with van der Waals surface area (Å²) in [5.41, 5.74) is 5.59. The van der Waals surface area contributed by atoms with Crippen LogP contribution in [0.15, 0.2) is 89.2 Å². The van der Waals surface area contributed by atoms with Crippen LogP contribution in [-0.2, 0) is 14.3 Å². The number of nitrogens with one attached hydrogen (secondary N) is 1. The lowest BCUT2D eigenvalue weighted by atomic mass is 9.80. The van der Waals surface area contributed by atoms with Gasteiger partial charge in [-0.15, -0.1) is 11.3 Å². The van der Waals surface area contributed by atoms with Crippen LogP contribution in [-0.4, -0.2) is 35.5 Å². The van der Waals surface area contributed by atoms with Crippen molar-refractivity contribution in [3.05, 3.63) is 96.0 Å². The summed E-state index contributed by atoms with van der Waals surface area (Å²) in [6.45, 7) is 4.48. The van der Waals surface area contributed by atoms with Crippen molar-refractivity contribution in [2.75, 3.05) is 18.5 Å². The summed E-state index contributed by atoms with van der Waals surface area (Å²) in [6.07, 6.45) is 4.25. The molecule has 3 aromatic carbocycles. The summed E-state index contributed by atoms with van der Waals surface area (Å²) in [4.78, 5) is 18.2. The van der Waals surface area contributed by atoms with E-state index in [2.05, 4.69) is 24.4 Å². The molecule has 0 saturated carbocycles. The van der Waals surface area contributed by atoms with Crippen molar-refractivity contribution in [3.8, 4) is 10.6 Å². The lowest BCUT2D eigenvalue weighted by molar-refractivity contribution is -0.164. The molecule has 3 atom stereocenters. The zero-order valence-electron chi connectivity index (χ0n) is 23.0. The fraction of sp³-hybridized carbons (Fsp3) is 0.273. The molecular weight excluding hydrogens is 536 g/mol. The van der Waals surface area contributed by atoms with E-state index in [1.54, 1.807) is 17.6 Å². The van der Waals surface area contributed by atoms with Crippen LogP contribution in [0.4, 0.5) is 5.69 Å². The first kappa shape index (κ1) is 27.2. The number of carbonyl (C=O) groups is 1. The number of allylic oxidation sites excluding steroid dienone is 1. The van der Waals surface area contributed by atoms with Crippen LogP contribution < -0.4 is 5.32 Å². The van der Waals surface area contributed by atoms with Gasteiger partial charge in [0.05, 0.1) is 16.5 Å². The fourth-order valence-electron chi connectivity index (χ4n) is 5.42. The number of para-hydroxylation sites is 1. The Morgan fingerprint density at radius 2 is 1.95 bits per heavy atom. The average molecular weight is 569 g/mol. The van der Waals surface area contributed by atoms with E-state index in [0.717, 1.165) is 37.3 Å². The summed E-state index contributed by atoms with van der Waals surface area (Å²) in [6, 6.07) is 21.8. The van der Waals surface area contributed by atoms with Gasteiger partial charge in [-0.25, -0.2) is 4.98 Å². The summed E-state index contributed by atoms with van der Waals surface area (Å²) >= 11 is 1.65. The minimum Gasteiger partial charge on any atom is -0.464 e. The number of benzene rings is 3. The SMILES string of the molecule is CCO[C@@H]1OC(C(=O)Nc2ccc(-c3nc4ccc(C)cc4s3)cc2)=C[C@H](c2coc3ccccc23)[C@@H]1CCCO. The molecule has 0 spiro atoms. The highest BCUT2D eigenvalue weighted by Crippen LogP contribution is 2.42. The highest BCUT2D eigenvalue weighted by atomic mass is 32.1. The van der Waals surface area contributed by atoms with E-state index in [0.29, 0.717) is 25.1 Å². The van der Waals surface area contributed by atoms with Gasteiger partial charge in [0.15, 0.2) is 5.76 Å². The molecule has 3 heterocycles. The van der Waals surface area contributed by atoms with E-state index in [1.165, 1.54) is 5.56 Å². The van der Waals surface area contributed by atoms with Crippen molar-refractivity contribution in [2.24, 2.45) is 5.92 Å². The van der Waals surface area contributed by atoms with Crippen LogP contribution in [0.5, 0.6) is 0 Å². The Balaban J connectivity index is 1.27. The predicted octanol–water partition coefficient (Wildman–Crippen LogP) is 7.41. The number of fused-ring (bicyclic) bond motifs is 2. The van der Waals surface area contributed by atoms with Gasteiger partial charge in [0, 0.05) is 47.3 Å². The minimum atomic E-state index is -0.638. The predicted molar refractivity (Wildman–Crippen MR) is 162 cm³/mol. The number of hydrogen-bond acceptors (Lipinski definition) is 7. The Hall–Kier alpha value is -3.98. The van der Waals surface area contributed by atoms with Crippen molar-refractivity contribution in [3.63, 3.8) is 0 Å². The maximum absolute atomic E-state index is 13.5. The topological polar surface area (TPSA) is 93.8 Å². The first-order chi connectivity index (χ1) is 20.0. The number of aliphatic hydroxyl groups excluding tert-OH is 1. The number of anilines is 1. The highest BCUT2D eigenvalue weighted by Gasteiger charge is 2.39. The molecule has 0 aliphatic carbocycles. The molecule has 6 rings (SSSR count). The normalized spacial score (nSPS) is 18.8. The quantitative estimate of drug-likeness (QED) is 0.192. The number of amides is 1. The molecule has 41 heavy (non-hydrogen) atoms. The number of rotatable bonds is 9. The first-order valence-corrected chi connectivity index (χ1v) is 14.7. The van der Waals surface area contributed by atoms with Crippen molar-refractivity contribution in [1.29, 1.82) is 0 Å². The lowest BCUT2D eigenvalue weighted by Gasteiger charge is -2.36. The summed E-state index contributed by atoms with van der Waals surface area (Å²) in [5, 5.41) is 14.5. The number of hydrogen-bond donors (Lipinski definition) is 2. The van der Waals surface area contributed by atoms with Crippen molar-refractivity contribution < 1.29 is 23.8 Å². The number of thiazole rings is 1.